The van der Waals surface area contributed by atoms with Crippen LogP contribution in [-0.2, 0) is 6.61 Å². The summed E-state index contributed by atoms with van der Waals surface area (Å²) >= 11 is 0. The predicted octanol–water partition coefficient (Wildman–Crippen LogP) is 2.83. The molecule has 1 fully saturated rings. The van der Waals surface area contributed by atoms with E-state index in [-0.39, 0.29) is 11.9 Å². The quantitative estimate of drug-likeness (QED) is 0.774. The third-order valence-electron chi connectivity index (χ3n) is 5.57. The van der Waals surface area contributed by atoms with E-state index in [1.807, 2.05) is 13.8 Å². The number of nitrogens with zero attached hydrogens (tertiary/aromatic N) is 2. The average Bonchev–Trinajstić information content (AvgIpc) is 2.90. The van der Waals surface area contributed by atoms with Gasteiger partial charge < -0.3 is 19.7 Å². The number of aliphatic hydroxyl groups excluding tert-OH is 1. The highest BCUT2D eigenvalue weighted by molar-refractivity contribution is 5.94. The minimum Gasteiger partial charge on any atom is -0.489 e. The summed E-state index contributed by atoms with van der Waals surface area (Å²) in [6, 6.07) is 7.13. The first-order chi connectivity index (χ1) is 13.8. The zero-order valence-corrected chi connectivity index (χ0v) is 17.6. The Kier molecular flexibility index (Phi) is 6.92. The van der Waals surface area contributed by atoms with E-state index in [4.69, 9.17) is 9.26 Å². The van der Waals surface area contributed by atoms with Gasteiger partial charge >= 0.3 is 0 Å². The number of aliphatic hydroxyl groups is 1. The number of carbonyl (C=O) groups excluding carboxylic acids is 1. The van der Waals surface area contributed by atoms with Crippen LogP contribution < -0.4 is 10.1 Å². The van der Waals surface area contributed by atoms with Crippen molar-refractivity contribution in [3.63, 3.8) is 0 Å². The molecule has 1 aliphatic heterocycles. The first kappa shape index (κ1) is 21.3. The van der Waals surface area contributed by atoms with Crippen LogP contribution in [0.4, 0.5) is 0 Å². The lowest BCUT2D eigenvalue weighted by atomic mass is 10.1. The standard InChI is InChI=1S/C22H31N3O4/c1-14(2)25-11-5-6-21(26)20(12-25)23-22(27)17-7-9-18(10-8-17)28-13-19-15(3)24-29-16(19)4/h7-10,14,20-21,26H,5-6,11-13H2,1-4H3,(H,23,27)/t20-,21-/m1/s1. The van der Waals surface area contributed by atoms with Crippen LogP contribution in [0.25, 0.3) is 0 Å². The summed E-state index contributed by atoms with van der Waals surface area (Å²) in [4.78, 5) is 15.0. The van der Waals surface area contributed by atoms with Crippen LogP contribution in [-0.4, -0.2) is 52.3 Å². The molecule has 0 unspecified atom stereocenters. The number of aromatic nitrogens is 1. The summed E-state index contributed by atoms with van der Waals surface area (Å²) in [5, 5.41) is 17.3. The molecule has 1 amide bonds. The van der Waals surface area contributed by atoms with Crippen LogP contribution >= 0.6 is 0 Å². The fourth-order valence-corrected chi connectivity index (χ4v) is 3.60. The second kappa shape index (κ2) is 9.41. The SMILES string of the molecule is Cc1noc(C)c1COc1ccc(C(=O)N[C@@H]2CN(C(C)C)CCC[C@H]2O)cc1. The zero-order valence-electron chi connectivity index (χ0n) is 17.6. The van der Waals surface area contributed by atoms with Crippen molar-refractivity contribution in [3.05, 3.63) is 46.8 Å². The van der Waals surface area contributed by atoms with Gasteiger partial charge in [0.2, 0.25) is 0 Å². The number of hydrogen-bond acceptors (Lipinski definition) is 6. The Morgan fingerprint density at radius 1 is 1.34 bits per heavy atom. The molecule has 2 N–H and O–H groups in total. The predicted molar refractivity (Wildman–Crippen MR) is 110 cm³/mol. The molecule has 0 spiro atoms. The fourth-order valence-electron chi connectivity index (χ4n) is 3.60. The number of ether oxygens (including phenoxy) is 1. The van der Waals surface area contributed by atoms with Gasteiger partial charge in [0.25, 0.3) is 5.91 Å². The number of nitrogens with one attached hydrogen (secondary N) is 1. The summed E-state index contributed by atoms with van der Waals surface area (Å²) < 4.78 is 10.9. The molecule has 3 rings (SSSR count). The maximum absolute atomic E-state index is 12.7. The Balaban J connectivity index is 1.59. The van der Waals surface area contributed by atoms with E-state index in [0.29, 0.717) is 36.9 Å². The largest absolute Gasteiger partial charge is 0.489 e. The summed E-state index contributed by atoms with van der Waals surface area (Å²) in [6.07, 6.45) is 1.10. The minimum absolute atomic E-state index is 0.183. The monoisotopic (exact) mass is 401 g/mol. The van der Waals surface area contributed by atoms with E-state index in [0.717, 1.165) is 30.0 Å². The molecule has 1 aliphatic rings. The number of benzene rings is 1. The van der Waals surface area contributed by atoms with Crippen LogP contribution in [0.5, 0.6) is 5.75 Å². The molecule has 7 nitrogen and oxygen atoms in total. The number of rotatable bonds is 6. The molecule has 29 heavy (non-hydrogen) atoms. The Bertz CT molecular complexity index is 796. The smallest absolute Gasteiger partial charge is 0.251 e. The lowest BCUT2D eigenvalue weighted by Gasteiger charge is -2.29. The molecular weight excluding hydrogens is 370 g/mol. The molecule has 0 aliphatic carbocycles. The Hall–Kier alpha value is -2.38. The van der Waals surface area contributed by atoms with Gasteiger partial charge in [-0.2, -0.15) is 0 Å². The zero-order chi connectivity index (χ0) is 21.0. The molecule has 1 aromatic carbocycles. The highest BCUT2D eigenvalue weighted by atomic mass is 16.5. The van der Waals surface area contributed by atoms with Crippen molar-refractivity contribution >= 4 is 5.91 Å². The van der Waals surface area contributed by atoms with Gasteiger partial charge in [-0.15, -0.1) is 0 Å². The average molecular weight is 402 g/mol. The first-order valence-electron chi connectivity index (χ1n) is 10.2. The molecule has 0 saturated carbocycles. The summed E-state index contributed by atoms with van der Waals surface area (Å²) in [5.41, 5.74) is 2.29. The summed E-state index contributed by atoms with van der Waals surface area (Å²) in [7, 11) is 0. The number of aryl methyl sites for hydroxylation is 2. The fraction of sp³-hybridized carbons (Fsp3) is 0.545. The third-order valence-corrected chi connectivity index (χ3v) is 5.57. The van der Waals surface area contributed by atoms with Gasteiger partial charge in [-0.25, -0.2) is 0 Å². The highest BCUT2D eigenvalue weighted by Gasteiger charge is 2.28. The van der Waals surface area contributed by atoms with E-state index in [1.54, 1.807) is 24.3 Å². The van der Waals surface area contributed by atoms with Crippen LogP contribution in [0.1, 0.15) is 54.1 Å². The Morgan fingerprint density at radius 2 is 2.07 bits per heavy atom. The summed E-state index contributed by atoms with van der Waals surface area (Å²) in [6.45, 7) is 9.97. The van der Waals surface area contributed by atoms with Crippen molar-refractivity contribution < 1.29 is 19.2 Å². The lowest BCUT2D eigenvalue weighted by Crippen LogP contribution is -2.50. The van der Waals surface area contributed by atoms with Crippen molar-refractivity contribution in [1.82, 2.24) is 15.4 Å². The molecule has 0 bridgehead atoms. The molecule has 2 atom stereocenters. The van der Waals surface area contributed by atoms with Gasteiger partial charge in [0.15, 0.2) is 0 Å². The van der Waals surface area contributed by atoms with Crippen molar-refractivity contribution in [3.8, 4) is 5.75 Å². The minimum atomic E-state index is -0.527. The van der Waals surface area contributed by atoms with E-state index < -0.39 is 6.10 Å². The summed E-state index contributed by atoms with van der Waals surface area (Å²) in [5.74, 6) is 1.23. The molecule has 2 heterocycles. The van der Waals surface area contributed by atoms with Gasteiger partial charge in [-0.1, -0.05) is 5.16 Å². The normalized spacial score (nSPS) is 20.5. The molecular formula is C22H31N3O4. The number of carbonyl (C=O) groups is 1. The van der Waals surface area contributed by atoms with Gasteiger partial charge in [0.1, 0.15) is 18.1 Å². The van der Waals surface area contributed by atoms with E-state index in [1.165, 1.54) is 0 Å². The topological polar surface area (TPSA) is 87.8 Å². The van der Waals surface area contributed by atoms with Crippen LogP contribution in [0.15, 0.2) is 28.8 Å². The van der Waals surface area contributed by atoms with Crippen LogP contribution in [0.2, 0.25) is 0 Å². The lowest BCUT2D eigenvalue weighted by molar-refractivity contribution is 0.0786. The Morgan fingerprint density at radius 3 is 2.69 bits per heavy atom. The van der Waals surface area contributed by atoms with Gasteiger partial charge in [-0.05, 0) is 71.3 Å². The molecule has 2 aromatic rings. The van der Waals surface area contributed by atoms with E-state index in [9.17, 15) is 9.90 Å². The van der Waals surface area contributed by atoms with E-state index in [2.05, 4.69) is 29.2 Å². The maximum Gasteiger partial charge on any atom is 0.251 e. The van der Waals surface area contributed by atoms with Gasteiger partial charge in [-0.3, -0.25) is 9.69 Å². The van der Waals surface area contributed by atoms with Crippen molar-refractivity contribution in [2.45, 2.75) is 65.3 Å². The third kappa shape index (κ3) is 5.36. The molecule has 7 heteroatoms. The van der Waals surface area contributed by atoms with Crippen LogP contribution in [0, 0.1) is 13.8 Å². The van der Waals surface area contributed by atoms with E-state index >= 15 is 0 Å². The van der Waals surface area contributed by atoms with Crippen molar-refractivity contribution in [2.75, 3.05) is 13.1 Å². The number of hydrogen-bond donors (Lipinski definition) is 2. The van der Waals surface area contributed by atoms with Gasteiger partial charge in [0, 0.05) is 18.2 Å². The van der Waals surface area contributed by atoms with Crippen LogP contribution in [0.3, 0.4) is 0 Å². The molecule has 0 radical (unpaired) electrons. The van der Waals surface area contributed by atoms with Crippen molar-refractivity contribution in [2.24, 2.45) is 0 Å². The van der Waals surface area contributed by atoms with Crippen molar-refractivity contribution in [1.29, 1.82) is 0 Å². The molecule has 158 valence electrons. The highest BCUT2D eigenvalue weighted by Crippen LogP contribution is 2.19. The van der Waals surface area contributed by atoms with Gasteiger partial charge in [0.05, 0.1) is 23.4 Å². The second-order valence-electron chi connectivity index (χ2n) is 7.99. The Labute approximate surface area is 172 Å². The molecule has 1 aromatic heterocycles. The second-order valence-corrected chi connectivity index (χ2v) is 7.99. The first-order valence-corrected chi connectivity index (χ1v) is 10.2. The maximum atomic E-state index is 12.7. The number of likely N-dealkylation sites (tertiary alicyclic amines) is 1. The number of amides is 1. The molecule has 1 saturated heterocycles.